The third-order valence-electron chi connectivity index (χ3n) is 7.95. The lowest BCUT2D eigenvalue weighted by molar-refractivity contribution is 0.287. The smallest absolute Gasteiger partial charge is 0.191 e. The van der Waals surface area contributed by atoms with Crippen LogP contribution in [0, 0.1) is 11.3 Å². The summed E-state index contributed by atoms with van der Waals surface area (Å²) in [5.74, 6) is 2.04. The Bertz CT molecular complexity index is 1750. The highest BCUT2D eigenvalue weighted by Crippen LogP contribution is 2.44. The van der Waals surface area contributed by atoms with Gasteiger partial charge in [0.2, 0.25) is 0 Å². The summed E-state index contributed by atoms with van der Waals surface area (Å²) in [6.45, 7) is 7.00. The molecular formula is C37H35N3O3. The lowest BCUT2D eigenvalue weighted by Crippen LogP contribution is -2.26. The minimum absolute atomic E-state index is 0.162. The number of ether oxygens (including phenoxy) is 2. The monoisotopic (exact) mass is 569 g/mol. The number of likely N-dealkylation sites (N-methyl/N-ethyl adjacent to an activating group) is 1. The van der Waals surface area contributed by atoms with E-state index in [4.69, 9.17) is 14.0 Å². The van der Waals surface area contributed by atoms with Crippen LogP contribution in [-0.2, 0) is 26.2 Å². The van der Waals surface area contributed by atoms with Crippen LogP contribution in [-0.4, -0.2) is 23.6 Å². The first kappa shape index (κ1) is 28.3. The van der Waals surface area contributed by atoms with Crippen LogP contribution in [0.3, 0.4) is 0 Å². The van der Waals surface area contributed by atoms with Gasteiger partial charge in [0.15, 0.2) is 11.5 Å². The van der Waals surface area contributed by atoms with Crippen molar-refractivity contribution in [2.75, 3.05) is 13.6 Å². The second-order valence-electron chi connectivity index (χ2n) is 11.4. The highest BCUT2D eigenvalue weighted by Gasteiger charge is 2.26. The van der Waals surface area contributed by atoms with E-state index in [1.165, 1.54) is 11.1 Å². The van der Waals surface area contributed by atoms with Gasteiger partial charge in [-0.1, -0.05) is 97.9 Å². The van der Waals surface area contributed by atoms with E-state index in [0.717, 1.165) is 53.1 Å². The fourth-order valence-corrected chi connectivity index (χ4v) is 5.59. The molecule has 216 valence electrons. The van der Waals surface area contributed by atoms with Gasteiger partial charge in [-0.25, -0.2) is 0 Å². The predicted octanol–water partition coefficient (Wildman–Crippen LogP) is 8.15. The molecule has 1 aromatic heterocycles. The zero-order chi connectivity index (χ0) is 29.8. The Morgan fingerprint density at radius 3 is 2.19 bits per heavy atom. The normalized spacial score (nSPS) is 13.0. The van der Waals surface area contributed by atoms with Crippen molar-refractivity contribution in [3.8, 4) is 40.0 Å². The molecule has 0 atom stereocenters. The molecule has 0 N–H and O–H groups in total. The summed E-state index contributed by atoms with van der Waals surface area (Å²) in [5, 5.41) is 14.3. The molecule has 0 bridgehead atoms. The molecule has 1 aliphatic heterocycles. The molecule has 6 rings (SSSR count). The highest BCUT2D eigenvalue weighted by molar-refractivity contribution is 5.86. The number of hydrogen-bond acceptors (Lipinski definition) is 6. The van der Waals surface area contributed by atoms with Crippen LogP contribution in [0.4, 0.5) is 0 Å². The molecule has 2 heterocycles. The van der Waals surface area contributed by atoms with E-state index in [1.54, 1.807) is 0 Å². The lowest BCUT2D eigenvalue weighted by atomic mass is 9.91. The van der Waals surface area contributed by atoms with Crippen molar-refractivity contribution in [1.82, 2.24) is 10.1 Å². The summed E-state index contributed by atoms with van der Waals surface area (Å²) in [7, 11) is 2.14. The van der Waals surface area contributed by atoms with E-state index in [-0.39, 0.29) is 11.6 Å². The molecular weight excluding hydrogens is 534 g/mol. The van der Waals surface area contributed by atoms with Gasteiger partial charge in [-0.15, -0.1) is 0 Å². The van der Waals surface area contributed by atoms with Crippen LogP contribution in [0.15, 0.2) is 95.5 Å². The maximum atomic E-state index is 10.1. The summed E-state index contributed by atoms with van der Waals surface area (Å²) in [6, 6.07) is 32.9. The average Bonchev–Trinajstić information content (AvgIpc) is 3.47. The number of benzene rings is 4. The number of aromatic nitrogens is 1. The number of nitriles is 1. The van der Waals surface area contributed by atoms with Gasteiger partial charge in [-0.05, 0) is 58.8 Å². The highest BCUT2D eigenvalue weighted by atomic mass is 16.5. The minimum atomic E-state index is 0.162. The van der Waals surface area contributed by atoms with Gasteiger partial charge in [-0.3, -0.25) is 0 Å². The minimum Gasteiger partial charge on any atom is -0.488 e. The summed E-state index contributed by atoms with van der Waals surface area (Å²) in [4.78, 5) is 2.32. The molecule has 0 amide bonds. The van der Waals surface area contributed by atoms with Crippen molar-refractivity contribution in [3.05, 3.63) is 125 Å². The number of rotatable bonds is 9. The Kier molecular flexibility index (Phi) is 8.26. The van der Waals surface area contributed by atoms with Crippen molar-refractivity contribution >= 4 is 0 Å². The Hall–Kier alpha value is -4.86. The fourth-order valence-electron chi connectivity index (χ4n) is 5.59. The van der Waals surface area contributed by atoms with Gasteiger partial charge < -0.3 is 18.9 Å². The summed E-state index contributed by atoms with van der Waals surface area (Å²) < 4.78 is 18.9. The fraction of sp³-hybridized carbons (Fsp3) is 0.243. The van der Waals surface area contributed by atoms with Crippen LogP contribution in [0.5, 0.6) is 11.5 Å². The quantitative estimate of drug-likeness (QED) is 0.178. The first-order valence-electron chi connectivity index (χ1n) is 14.7. The molecule has 6 heteroatoms. The molecule has 0 aliphatic carbocycles. The summed E-state index contributed by atoms with van der Waals surface area (Å²) >= 11 is 0. The van der Waals surface area contributed by atoms with Gasteiger partial charge in [0.25, 0.3) is 0 Å². The number of hydrogen-bond donors (Lipinski definition) is 0. The van der Waals surface area contributed by atoms with E-state index in [0.29, 0.717) is 30.3 Å². The Balaban J connectivity index is 1.46. The number of nitrogens with zero attached hydrogens (tertiary/aromatic N) is 3. The standard InChI is InChI=1S/C37H35N3O3/c1-25(2)31-19-32(37-36(33(21-38)39-43-37)29-14-15-30-22-40(3)17-16-28(30)18-29)35(42-24-27-12-8-5-9-13-27)20-34(31)41-23-26-10-6-4-7-11-26/h4-15,18-20,25H,16-17,22-24H2,1-3H3. The van der Waals surface area contributed by atoms with Gasteiger partial charge >= 0.3 is 0 Å². The molecule has 4 aromatic carbocycles. The van der Waals surface area contributed by atoms with Crippen molar-refractivity contribution in [1.29, 1.82) is 5.26 Å². The molecule has 1 aliphatic rings. The van der Waals surface area contributed by atoms with Crippen LogP contribution < -0.4 is 9.47 Å². The Morgan fingerprint density at radius 2 is 1.53 bits per heavy atom. The largest absolute Gasteiger partial charge is 0.488 e. The second kappa shape index (κ2) is 12.6. The molecule has 6 nitrogen and oxygen atoms in total. The van der Waals surface area contributed by atoms with Crippen molar-refractivity contribution in [2.24, 2.45) is 0 Å². The van der Waals surface area contributed by atoms with Crippen molar-refractivity contribution in [3.63, 3.8) is 0 Å². The van der Waals surface area contributed by atoms with Crippen LogP contribution >= 0.6 is 0 Å². The van der Waals surface area contributed by atoms with Gasteiger partial charge in [0.05, 0.1) is 11.1 Å². The van der Waals surface area contributed by atoms with Crippen LogP contribution in [0.1, 0.15) is 53.3 Å². The molecule has 43 heavy (non-hydrogen) atoms. The van der Waals surface area contributed by atoms with Gasteiger partial charge in [-0.2, -0.15) is 5.26 Å². The SMILES string of the molecule is CC(C)c1cc(-c2onc(C#N)c2-c2ccc3c(c2)CCN(C)C3)c(OCc2ccccc2)cc1OCc1ccccc1. The lowest BCUT2D eigenvalue weighted by Gasteiger charge is -2.25. The first-order chi connectivity index (χ1) is 21.0. The van der Waals surface area contributed by atoms with E-state index in [1.807, 2.05) is 54.6 Å². The van der Waals surface area contributed by atoms with Gasteiger partial charge in [0, 0.05) is 19.2 Å². The zero-order valence-electron chi connectivity index (χ0n) is 24.8. The Morgan fingerprint density at radius 1 is 0.860 bits per heavy atom. The maximum absolute atomic E-state index is 10.1. The summed E-state index contributed by atoms with van der Waals surface area (Å²) in [6.07, 6.45) is 0.957. The van der Waals surface area contributed by atoms with Gasteiger partial charge in [0.1, 0.15) is 30.8 Å². The third-order valence-corrected chi connectivity index (χ3v) is 7.95. The Labute approximate surface area is 253 Å². The van der Waals surface area contributed by atoms with Crippen LogP contribution in [0.2, 0.25) is 0 Å². The second-order valence-corrected chi connectivity index (χ2v) is 11.4. The molecule has 0 saturated heterocycles. The van der Waals surface area contributed by atoms with E-state index in [9.17, 15) is 5.26 Å². The van der Waals surface area contributed by atoms with E-state index >= 15 is 0 Å². The zero-order valence-corrected chi connectivity index (χ0v) is 24.8. The molecule has 0 unspecified atom stereocenters. The topological polar surface area (TPSA) is 71.5 Å². The molecule has 0 spiro atoms. The molecule has 0 radical (unpaired) electrons. The summed E-state index contributed by atoms with van der Waals surface area (Å²) in [5.41, 5.74) is 8.35. The number of fused-ring (bicyclic) bond motifs is 1. The molecule has 0 fully saturated rings. The molecule has 5 aromatic rings. The first-order valence-corrected chi connectivity index (χ1v) is 14.7. The van der Waals surface area contributed by atoms with Crippen LogP contribution in [0.25, 0.3) is 22.5 Å². The van der Waals surface area contributed by atoms with E-state index < -0.39 is 0 Å². The van der Waals surface area contributed by atoms with Crippen molar-refractivity contribution in [2.45, 2.75) is 45.9 Å². The maximum Gasteiger partial charge on any atom is 0.191 e. The average molecular weight is 570 g/mol. The predicted molar refractivity (Wildman–Crippen MR) is 168 cm³/mol. The van der Waals surface area contributed by atoms with Crippen molar-refractivity contribution < 1.29 is 14.0 Å². The third kappa shape index (κ3) is 6.18. The molecule has 0 saturated carbocycles. The van der Waals surface area contributed by atoms with E-state index in [2.05, 4.69) is 73.4 Å².